The van der Waals surface area contributed by atoms with E-state index in [2.05, 4.69) is 65.5 Å². The molecule has 0 bridgehead atoms. The number of aliphatic carboxylic acids is 2. The molecule has 0 aliphatic carbocycles. The summed E-state index contributed by atoms with van der Waals surface area (Å²) < 4.78 is 0. The molecule has 0 rings (SSSR count). The molecular formula is C42H74N14O17S. The summed E-state index contributed by atoms with van der Waals surface area (Å²) in [5, 5.41) is 69.0. The standard InChI is InChI=1S/C42H74N14O17S/c1-6-18(3)30(40(71)50-22(9-8-12-47-42(45)46)34(65)53-26(16-58)37(68)55-31(41(72)73)19(4)7-2)54-36(67)24(13-27(44)60)51-35(66)23(10-11-29(62)63)49-28(61)14-48-39(70)32(20(5)59)56-38(69)25(15-57)52-33(64)21(43)17-74/h18-26,30-32,57-59,74H,6-17,43H2,1-5H3,(H2,44,60)(H,48,70)(H,49,61)(H,50,71)(H,51,66)(H,52,64)(H,53,65)(H,54,67)(H,55,68)(H,56,69)(H,62,63)(H,72,73)(H4,45,46,47)/t18-,19-,20+,21-,22-,23-,24-,25-,26-,30-,31-,32-/m0/s1. The minimum atomic E-state index is -1.90. The van der Waals surface area contributed by atoms with Crippen molar-refractivity contribution < 1.29 is 83.1 Å². The third-order valence-corrected chi connectivity index (χ3v) is 11.5. The third kappa shape index (κ3) is 24.7. The summed E-state index contributed by atoms with van der Waals surface area (Å²) >= 11 is 3.87. The molecule has 0 heterocycles. The number of aliphatic hydroxyl groups excluding tert-OH is 3. The second-order valence-electron chi connectivity index (χ2n) is 17.1. The molecule has 0 unspecified atom stereocenters. The van der Waals surface area contributed by atoms with Crippen molar-refractivity contribution in [1.29, 1.82) is 0 Å². The summed E-state index contributed by atoms with van der Waals surface area (Å²) in [6.07, 6.45) is -3.56. The van der Waals surface area contributed by atoms with E-state index >= 15 is 0 Å². The Kier molecular flexibility index (Phi) is 31.3. The van der Waals surface area contributed by atoms with Gasteiger partial charge in [0.1, 0.15) is 48.3 Å². The van der Waals surface area contributed by atoms with E-state index < -0.39 is 182 Å². The van der Waals surface area contributed by atoms with Crippen LogP contribution in [0.25, 0.3) is 0 Å². The summed E-state index contributed by atoms with van der Waals surface area (Å²) in [4.78, 5) is 159. The number of hydrogen-bond acceptors (Lipinski definition) is 18. The van der Waals surface area contributed by atoms with Crippen LogP contribution in [-0.2, 0) is 57.5 Å². The monoisotopic (exact) mass is 1080 g/mol. The van der Waals surface area contributed by atoms with Crippen LogP contribution in [0.2, 0.25) is 0 Å². The van der Waals surface area contributed by atoms with Crippen molar-refractivity contribution >= 4 is 89.6 Å². The van der Waals surface area contributed by atoms with Crippen LogP contribution in [0.4, 0.5) is 0 Å². The zero-order chi connectivity index (χ0) is 57.0. The zero-order valence-corrected chi connectivity index (χ0v) is 42.6. The highest BCUT2D eigenvalue weighted by Gasteiger charge is 2.37. The fraction of sp³-hybridized carbons (Fsp3) is 0.690. The second kappa shape index (κ2) is 34.5. The Balaban J connectivity index is 6.49. The molecule has 0 aromatic carbocycles. The van der Waals surface area contributed by atoms with Gasteiger partial charge >= 0.3 is 11.9 Å². The Hall–Kier alpha value is -6.90. The fourth-order valence-electron chi connectivity index (χ4n) is 6.35. The van der Waals surface area contributed by atoms with E-state index in [9.17, 15) is 83.1 Å². The van der Waals surface area contributed by atoms with Crippen LogP contribution in [0.1, 0.15) is 79.6 Å². The number of aliphatic hydroxyl groups is 3. The van der Waals surface area contributed by atoms with Crippen LogP contribution < -0.4 is 70.8 Å². The summed E-state index contributed by atoms with van der Waals surface area (Å²) in [6.45, 7) is 4.52. The predicted octanol–water partition coefficient (Wildman–Crippen LogP) is -8.43. The lowest BCUT2D eigenvalue weighted by Gasteiger charge is -2.29. The van der Waals surface area contributed by atoms with Gasteiger partial charge in [-0.1, -0.05) is 40.5 Å². The van der Waals surface area contributed by atoms with Gasteiger partial charge in [0.2, 0.25) is 59.1 Å². The molecule has 420 valence electrons. The molecule has 0 radical (unpaired) electrons. The van der Waals surface area contributed by atoms with E-state index in [1.165, 1.54) is 6.92 Å². The van der Waals surface area contributed by atoms with Gasteiger partial charge in [-0.2, -0.15) is 12.6 Å². The molecule has 12 atom stereocenters. The van der Waals surface area contributed by atoms with Crippen LogP contribution in [0.15, 0.2) is 4.99 Å². The molecule has 22 N–H and O–H groups in total. The smallest absolute Gasteiger partial charge is 0.326 e. The van der Waals surface area contributed by atoms with E-state index in [0.29, 0.717) is 6.42 Å². The van der Waals surface area contributed by atoms with Gasteiger partial charge in [0, 0.05) is 18.7 Å². The highest BCUT2D eigenvalue weighted by Crippen LogP contribution is 2.12. The van der Waals surface area contributed by atoms with Crippen molar-refractivity contribution in [3.05, 3.63) is 0 Å². The Bertz CT molecular complexity index is 2000. The minimum Gasteiger partial charge on any atom is -0.481 e. The molecule has 32 heteroatoms. The van der Waals surface area contributed by atoms with Crippen molar-refractivity contribution in [2.75, 3.05) is 32.1 Å². The molecule has 0 spiro atoms. The Morgan fingerprint density at radius 2 is 1.01 bits per heavy atom. The lowest BCUT2D eigenvalue weighted by atomic mass is 9.96. The molecule has 74 heavy (non-hydrogen) atoms. The van der Waals surface area contributed by atoms with Crippen molar-refractivity contribution in [2.24, 2.45) is 39.8 Å². The molecule has 0 saturated heterocycles. The zero-order valence-electron chi connectivity index (χ0n) is 41.8. The maximum absolute atomic E-state index is 14.0. The molecule has 0 aromatic rings. The van der Waals surface area contributed by atoms with E-state index in [4.69, 9.17) is 22.9 Å². The number of rotatable bonds is 36. The highest BCUT2D eigenvalue weighted by atomic mass is 32.1. The number of carboxylic acids is 2. The van der Waals surface area contributed by atoms with Gasteiger partial charge in [0.25, 0.3) is 0 Å². The molecule has 0 aliphatic heterocycles. The summed E-state index contributed by atoms with van der Waals surface area (Å²) in [6, 6.07) is -14.4. The number of primary amides is 1. The summed E-state index contributed by atoms with van der Waals surface area (Å²) in [5.74, 6) is -15.6. The van der Waals surface area contributed by atoms with E-state index in [-0.39, 0.29) is 37.5 Å². The number of carbonyl (C=O) groups is 12. The maximum atomic E-state index is 14.0. The molecule has 0 aromatic heterocycles. The van der Waals surface area contributed by atoms with Gasteiger partial charge in [-0.05, 0) is 38.0 Å². The van der Waals surface area contributed by atoms with Crippen LogP contribution in [0.5, 0.6) is 0 Å². The summed E-state index contributed by atoms with van der Waals surface area (Å²) in [7, 11) is 0. The van der Waals surface area contributed by atoms with E-state index in [1.54, 1.807) is 20.8 Å². The average molecular weight is 1080 g/mol. The minimum absolute atomic E-state index is 0.0441. The summed E-state index contributed by atoms with van der Waals surface area (Å²) in [5.41, 5.74) is 21.8. The molecule has 0 fully saturated rings. The predicted molar refractivity (Wildman–Crippen MR) is 263 cm³/mol. The molecule has 0 saturated carbocycles. The number of carboxylic acid groups (broad SMARTS) is 2. The van der Waals surface area contributed by atoms with Crippen molar-refractivity contribution in [3.63, 3.8) is 0 Å². The van der Waals surface area contributed by atoms with Crippen LogP contribution in [0.3, 0.4) is 0 Å². The lowest BCUT2D eigenvalue weighted by molar-refractivity contribution is -0.144. The molecule has 31 nitrogen and oxygen atoms in total. The van der Waals surface area contributed by atoms with Crippen LogP contribution in [-0.4, -0.2) is 195 Å². The van der Waals surface area contributed by atoms with E-state index in [0.717, 1.165) is 6.92 Å². The van der Waals surface area contributed by atoms with Crippen molar-refractivity contribution in [1.82, 2.24) is 47.9 Å². The van der Waals surface area contributed by atoms with Crippen LogP contribution in [0, 0.1) is 11.8 Å². The molecule has 10 amide bonds. The largest absolute Gasteiger partial charge is 0.481 e. The number of aliphatic imine (C=N–C) groups is 1. The van der Waals surface area contributed by atoms with Crippen LogP contribution >= 0.6 is 12.6 Å². The van der Waals surface area contributed by atoms with Crippen molar-refractivity contribution in [2.45, 2.75) is 140 Å². The van der Waals surface area contributed by atoms with Gasteiger partial charge in [-0.25, -0.2) is 4.79 Å². The first-order valence-corrected chi connectivity index (χ1v) is 24.0. The van der Waals surface area contributed by atoms with Gasteiger partial charge in [-0.15, -0.1) is 0 Å². The van der Waals surface area contributed by atoms with Gasteiger partial charge in [0.05, 0.1) is 38.3 Å². The number of thiol groups is 1. The Morgan fingerprint density at radius 1 is 0.568 bits per heavy atom. The normalized spacial score (nSPS) is 15.8. The van der Waals surface area contributed by atoms with Crippen molar-refractivity contribution in [3.8, 4) is 0 Å². The highest BCUT2D eigenvalue weighted by molar-refractivity contribution is 7.80. The third-order valence-electron chi connectivity index (χ3n) is 11.1. The number of guanidine groups is 1. The molecular weight excluding hydrogens is 1000 g/mol. The number of carbonyl (C=O) groups excluding carboxylic acids is 10. The fourth-order valence-corrected chi connectivity index (χ4v) is 6.52. The van der Waals surface area contributed by atoms with E-state index in [1.807, 2.05) is 0 Å². The second-order valence-corrected chi connectivity index (χ2v) is 17.5. The topological polar surface area (TPSA) is 531 Å². The lowest BCUT2D eigenvalue weighted by Crippen LogP contribution is -2.61. The first-order valence-electron chi connectivity index (χ1n) is 23.3. The number of nitrogens with one attached hydrogen (secondary N) is 9. The Labute approximate surface area is 431 Å². The van der Waals surface area contributed by atoms with Gasteiger partial charge < -0.3 is 96.3 Å². The molecule has 0 aliphatic rings. The number of hydrogen-bond donors (Lipinski definition) is 19. The number of amides is 10. The first kappa shape index (κ1) is 67.1. The number of nitrogens with two attached hydrogens (primary N) is 4. The Morgan fingerprint density at radius 3 is 1.47 bits per heavy atom. The average Bonchev–Trinajstić information content (AvgIpc) is 3.34. The quantitative estimate of drug-likeness (QED) is 0.0120. The maximum Gasteiger partial charge on any atom is 0.326 e. The first-order chi connectivity index (χ1) is 34.6. The van der Waals surface area contributed by atoms with Gasteiger partial charge in [-0.3, -0.25) is 57.7 Å². The van der Waals surface area contributed by atoms with Gasteiger partial charge in [0.15, 0.2) is 5.96 Å². The number of nitrogens with zero attached hydrogens (tertiary/aromatic N) is 1. The SMILES string of the molecule is CC[C@H](C)[C@H](NC(=O)[C@H](CO)NC(=O)[C@H](CCCN=C(N)N)NC(=O)[C@@H](NC(=O)[C@H](CC(N)=O)NC(=O)[C@H](CCC(=O)O)NC(=O)CNC(=O)[C@@H](NC(=O)[C@H](CO)NC(=O)[C@@H](N)CS)[C@@H](C)O)[C@@H](C)CC)C(=O)O.